The second-order valence-corrected chi connectivity index (χ2v) is 5.26. The highest BCUT2D eigenvalue weighted by molar-refractivity contribution is 5.89. The molecule has 0 radical (unpaired) electrons. The summed E-state index contributed by atoms with van der Waals surface area (Å²) in [6.45, 7) is 5.56. The minimum atomic E-state index is -0.936. The molecule has 1 heterocycles. The van der Waals surface area contributed by atoms with Crippen molar-refractivity contribution in [2.24, 2.45) is 10.2 Å². The van der Waals surface area contributed by atoms with E-state index < -0.39 is 11.7 Å². The van der Waals surface area contributed by atoms with Crippen molar-refractivity contribution >= 4 is 5.97 Å². The molecule has 1 aromatic carbocycles. The van der Waals surface area contributed by atoms with Gasteiger partial charge >= 0.3 is 5.97 Å². The van der Waals surface area contributed by atoms with E-state index in [0.717, 1.165) is 0 Å². The summed E-state index contributed by atoms with van der Waals surface area (Å²) in [5.74, 6) is -0.909. The molecule has 2 rings (SSSR count). The molecule has 1 atom stereocenters. The van der Waals surface area contributed by atoms with E-state index in [0.29, 0.717) is 12.0 Å². The summed E-state index contributed by atoms with van der Waals surface area (Å²) in [6.07, 6.45) is 0.535. The van der Waals surface area contributed by atoms with Crippen LogP contribution >= 0.6 is 0 Å². The highest BCUT2D eigenvalue weighted by Crippen LogP contribution is 2.35. The number of hydrogen-bond donors (Lipinski definition) is 0. The lowest BCUT2D eigenvalue weighted by Crippen LogP contribution is -2.31. The fraction of sp³-hybridized carbons (Fsp3) is 0.462. The third-order valence-electron chi connectivity index (χ3n) is 2.69. The number of azo groups is 1. The monoisotopic (exact) mass is 250 g/mol. The normalized spacial score (nSPS) is 25.1. The highest BCUT2D eigenvalue weighted by Gasteiger charge is 2.41. The fourth-order valence-electron chi connectivity index (χ4n) is 2.02. The quantitative estimate of drug-likeness (QED) is 0.756. The zero-order valence-electron chi connectivity index (χ0n) is 10.6. The summed E-state index contributed by atoms with van der Waals surface area (Å²) in [7, 11) is 0. The number of rotatable bonds is 2. The van der Waals surface area contributed by atoms with Gasteiger partial charge in [0.05, 0.1) is 11.1 Å². The van der Waals surface area contributed by atoms with Crippen molar-refractivity contribution in [2.75, 3.05) is 0 Å². The molecule has 0 aromatic heterocycles. The number of benzene rings is 1. The topological polar surface area (TPSA) is 51.0 Å². The van der Waals surface area contributed by atoms with E-state index in [9.17, 15) is 9.18 Å². The molecular weight excluding hydrogens is 235 g/mol. The summed E-state index contributed by atoms with van der Waals surface area (Å²) in [5, 5.41) is 8.08. The van der Waals surface area contributed by atoms with Crippen LogP contribution in [0.25, 0.3) is 0 Å². The van der Waals surface area contributed by atoms with Crippen LogP contribution < -0.4 is 0 Å². The lowest BCUT2D eigenvalue weighted by atomic mass is 9.97. The summed E-state index contributed by atoms with van der Waals surface area (Å²) >= 11 is 0. The number of carbonyl (C=O) groups is 1. The Hall–Kier alpha value is -1.78. The van der Waals surface area contributed by atoms with Crippen LogP contribution in [0.4, 0.5) is 4.39 Å². The third-order valence-corrected chi connectivity index (χ3v) is 2.69. The van der Waals surface area contributed by atoms with Crippen LogP contribution in [0.2, 0.25) is 0 Å². The van der Waals surface area contributed by atoms with Gasteiger partial charge in [0.15, 0.2) is 0 Å². The molecule has 0 fully saturated rings. The molecule has 1 aliphatic heterocycles. The van der Waals surface area contributed by atoms with Crippen LogP contribution in [-0.4, -0.2) is 17.2 Å². The first kappa shape index (κ1) is 12.7. The van der Waals surface area contributed by atoms with Crippen molar-refractivity contribution in [3.63, 3.8) is 0 Å². The summed E-state index contributed by atoms with van der Waals surface area (Å²) in [4.78, 5) is 11.9. The summed E-state index contributed by atoms with van der Waals surface area (Å²) in [5.41, 5.74) is -0.954. The first-order valence-electron chi connectivity index (χ1n) is 5.73. The van der Waals surface area contributed by atoms with E-state index in [4.69, 9.17) is 4.74 Å². The first-order valence-corrected chi connectivity index (χ1v) is 5.73. The molecule has 5 heteroatoms. The number of hydrogen-bond acceptors (Lipinski definition) is 4. The van der Waals surface area contributed by atoms with Crippen LogP contribution in [-0.2, 0) is 4.74 Å². The Bertz CT molecular complexity index is 496. The van der Waals surface area contributed by atoms with Gasteiger partial charge in [-0.25, -0.2) is 9.18 Å². The van der Waals surface area contributed by atoms with E-state index in [1.807, 2.05) is 13.8 Å². The number of nitrogens with zero attached hydrogens (tertiary/aromatic N) is 2. The predicted octanol–water partition coefficient (Wildman–Crippen LogP) is 3.33. The Morgan fingerprint density at radius 1 is 1.22 bits per heavy atom. The van der Waals surface area contributed by atoms with Crippen LogP contribution in [0.15, 0.2) is 34.5 Å². The Morgan fingerprint density at radius 3 is 2.33 bits per heavy atom. The largest absolute Gasteiger partial charge is 0.432 e. The van der Waals surface area contributed by atoms with E-state index in [1.165, 1.54) is 24.3 Å². The van der Waals surface area contributed by atoms with E-state index in [-0.39, 0.29) is 11.4 Å². The maximum Gasteiger partial charge on any atom is 0.340 e. The lowest BCUT2D eigenvalue weighted by Gasteiger charge is -2.22. The minimum absolute atomic E-state index is 0.303. The van der Waals surface area contributed by atoms with Crippen LogP contribution in [0.3, 0.4) is 0 Å². The molecule has 96 valence electrons. The molecule has 1 aliphatic rings. The molecular formula is C13H15FN2O2. The van der Waals surface area contributed by atoms with Crippen LogP contribution in [0.1, 0.15) is 37.6 Å². The van der Waals surface area contributed by atoms with Crippen molar-refractivity contribution in [1.82, 2.24) is 0 Å². The van der Waals surface area contributed by atoms with Gasteiger partial charge in [-0.15, -0.1) is 5.11 Å². The molecule has 0 N–H and O–H groups in total. The predicted molar refractivity (Wildman–Crippen MR) is 63.8 cm³/mol. The summed E-state index contributed by atoms with van der Waals surface area (Å²) in [6, 6.07) is 5.22. The lowest BCUT2D eigenvalue weighted by molar-refractivity contribution is -0.00783. The van der Waals surface area contributed by atoms with Crippen molar-refractivity contribution in [3.8, 4) is 0 Å². The molecule has 1 unspecified atom stereocenters. The van der Waals surface area contributed by atoms with Gasteiger partial charge in [-0.2, -0.15) is 5.11 Å². The van der Waals surface area contributed by atoms with Crippen LogP contribution in [0, 0.1) is 5.82 Å². The molecule has 4 nitrogen and oxygen atoms in total. The fourth-order valence-corrected chi connectivity index (χ4v) is 2.02. The van der Waals surface area contributed by atoms with Crippen molar-refractivity contribution in [1.29, 1.82) is 0 Å². The van der Waals surface area contributed by atoms with Gasteiger partial charge in [0, 0.05) is 6.42 Å². The standard InChI is InChI=1S/C13H15FN2O2/c1-12(2)8-13(3,16-15-12)18-11(17)9-4-6-10(14)7-5-9/h4-7H,8H2,1-3H3. The van der Waals surface area contributed by atoms with Gasteiger partial charge in [-0.05, 0) is 45.0 Å². The second kappa shape index (κ2) is 4.15. The summed E-state index contributed by atoms with van der Waals surface area (Å²) < 4.78 is 18.1. The van der Waals surface area contributed by atoms with Crippen molar-refractivity contribution in [3.05, 3.63) is 35.6 Å². The minimum Gasteiger partial charge on any atom is -0.432 e. The zero-order chi connectivity index (χ0) is 13.4. The Balaban J connectivity index is 2.09. The molecule has 0 aliphatic carbocycles. The number of halogens is 1. The Labute approximate surface area is 105 Å². The van der Waals surface area contributed by atoms with Gasteiger partial charge < -0.3 is 4.74 Å². The van der Waals surface area contributed by atoms with Crippen LogP contribution in [0.5, 0.6) is 0 Å². The Kier molecular flexibility index (Phi) is 2.92. The average Bonchev–Trinajstić information content (AvgIpc) is 2.53. The number of ether oxygens (including phenoxy) is 1. The molecule has 0 saturated carbocycles. The molecule has 0 bridgehead atoms. The molecule has 0 amide bonds. The van der Waals surface area contributed by atoms with Crippen molar-refractivity contribution < 1.29 is 13.9 Å². The average molecular weight is 250 g/mol. The highest BCUT2D eigenvalue weighted by atomic mass is 19.1. The molecule has 0 saturated heterocycles. The molecule has 18 heavy (non-hydrogen) atoms. The molecule has 1 aromatic rings. The third kappa shape index (κ3) is 2.72. The SMILES string of the molecule is CC1(C)CC(C)(OC(=O)c2ccc(F)cc2)N=N1. The first-order chi connectivity index (χ1) is 8.30. The van der Waals surface area contributed by atoms with E-state index >= 15 is 0 Å². The van der Waals surface area contributed by atoms with Crippen molar-refractivity contribution in [2.45, 2.75) is 38.5 Å². The maximum absolute atomic E-state index is 12.7. The van der Waals surface area contributed by atoms with Gasteiger partial charge in [-0.3, -0.25) is 0 Å². The molecule has 0 spiro atoms. The van der Waals surface area contributed by atoms with E-state index in [1.54, 1.807) is 6.92 Å². The smallest absolute Gasteiger partial charge is 0.340 e. The van der Waals surface area contributed by atoms with Gasteiger partial charge in [-0.1, -0.05) is 0 Å². The maximum atomic E-state index is 12.7. The van der Waals surface area contributed by atoms with Gasteiger partial charge in [0.1, 0.15) is 5.82 Å². The number of carbonyl (C=O) groups excluding carboxylic acids is 1. The van der Waals surface area contributed by atoms with Gasteiger partial charge in [0.25, 0.3) is 0 Å². The van der Waals surface area contributed by atoms with E-state index in [2.05, 4.69) is 10.2 Å². The second-order valence-electron chi connectivity index (χ2n) is 5.26. The zero-order valence-corrected chi connectivity index (χ0v) is 10.6. The number of esters is 1. The Morgan fingerprint density at radius 2 is 1.83 bits per heavy atom. The van der Waals surface area contributed by atoms with Gasteiger partial charge in [0.2, 0.25) is 5.72 Å².